The third-order valence-electron chi connectivity index (χ3n) is 7.87. The SMILES string of the molecule is CC(C)[C@H](NC(=O)O)C(=O)N1C[Si](C)(C)C[C@H]1c1ncc(-c2ccc(B3OC(C)(C)C(C)(C)O3)cc2)[nH]1. The van der Waals surface area contributed by atoms with E-state index in [1.54, 1.807) is 6.20 Å². The number of carbonyl (C=O) groups is 2. The number of nitrogens with zero attached hydrogens (tertiary/aromatic N) is 2. The lowest BCUT2D eigenvalue weighted by Crippen LogP contribution is -2.51. The molecule has 1 aromatic carbocycles. The predicted molar refractivity (Wildman–Crippen MR) is 146 cm³/mol. The molecule has 0 unspecified atom stereocenters. The molecule has 2 atom stereocenters. The zero-order valence-electron chi connectivity index (χ0n) is 23.1. The fourth-order valence-electron chi connectivity index (χ4n) is 5.02. The molecule has 37 heavy (non-hydrogen) atoms. The maximum Gasteiger partial charge on any atom is 0.494 e. The normalized spacial score (nSPS) is 22.9. The van der Waals surface area contributed by atoms with Crippen molar-refractivity contribution in [1.29, 1.82) is 0 Å². The van der Waals surface area contributed by atoms with Gasteiger partial charge >= 0.3 is 13.2 Å². The number of hydrogen-bond donors (Lipinski definition) is 3. The summed E-state index contributed by atoms with van der Waals surface area (Å²) < 4.78 is 12.3. The van der Waals surface area contributed by atoms with Crippen LogP contribution in [-0.4, -0.2) is 70.6 Å². The molecule has 0 aliphatic carbocycles. The zero-order valence-corrected chi connectivity index (χ0v) is 24.1. The molecule has 3 heterocycles. The maximum absolute atomic E-state index is 13.5. The van der Waals surface area contributed by atoms with Crippen LogP contribution in [0.4, 0.5) is 4.79 Å². The number of aromatic nitrogens is 2. The summed E-state index contributed by atoms with van der Waals surface area (Å²) >= 11 is 0. The molecule has 0 spiro atoms. The number of carbonyl (C=O) groups excluding carboxylic acids is 1. The van der Waals surface area contributed by atoms with Gasteiger partial charge in [0.05, 0.1) is 37.2 Å². The van der Waals surface area contributed by atoms with Gasteiger partial charge in [-0.2, -0.15) is 0 Å². The molecule has 2 amide bonds. The summed E-state index contributed by atoms with van der Waals surface area (Å²) in [5, 5.41) is 11.7. The van der Waals surface area contributed by atoms with Crippen molar-refractivity contribution >= 4 is 32.7 Å². The number of amides is 2. The van der Waals surface area contributed by atoms with Gasteiger partial charge in [-0.1, -0.05) is 51.2 Å². The Bertz CT molecular complexity index is 1150. The minimum atomic E-state index is -1.71. The van der Waals surface area contributed by atoms with Crippen molar-refractivity contribution in [1.82, 2.24) is 20.2 Å². The summed E-state index contributed by atoms with van der Waals surface area (Å²) in [5.74, 6) is 0.378. The monoisotopic (exact) mass is 526 g/mol. The topological polar surface area (TPSA) is 117 Å². The minimum Gasteiger partial charge on any atom is -0.465 e. The number of carboxylic acid groups (broad SMARTS) is 1. The summed E-state index contributed by atoms with van der Waals surface area (Å²) in [6.45, 7) is 16.4. The molecule has 2 aliphatic rings. The largest absolute Gasteiger partial charge is 0.494 e. The molecule has 2 aromatic rings. The zero-order chi connectivity index (χ0) is 27.3. The molecule has 2 fully saturated rings. The molecule has 200 valence electrons. The first-order valence-electron chi connectivity index (χ1n) is 12.9. The van der Waals surface area contributed by atoms with E-state index < -0.39 is 38.5 Å². The summed E-state index contributed by atoms with van der Waals surface area (Å²) in [6.07, 6.45) is 1.27. The molecule has 0 bridgehead atoms. The molecule has 2 aliphatic heterocycles. The van der Waals surface area contributed by atoms with Gasteiger partial charge in [-0.05, 0) is 50.7 Å². The lowest BCUT2D eigenvalue weighted by Gasteiger charge is -2.32. The van der Waals surface area contributed by atoms with Gasteiger partial charge in [0.1, 0.15) is 11.9 Å². The van der Waals surface area contributed by atoms with Crippen molar-refractivity contribution in [3.63, 3.8) is 0 Å². The lowest BCUT2D eigenvalue weighted by molar-refractivity contribution is -0.135. The van der Waals surface area contributed by atoms with Crippen LogP contribution in [0.5, 0.6) is 0 Å². The van der Waals surface area contributed by atoms with E-state index in [-0.39, 0.29) is 17.9 Å². The maximum atomic E-state index is 13.5. The van der Waals surface area contributed by atoms with Crippen LogP contribution in [0.1, 0.15) is 53.4 Å². The second kappa shape index (κ2) is 9.60. The van der Waals surface area contributed by atoms with Crippen LogP contribution >= 0.6 is 0 Å². The Hall–Kier alpha value is -2.63. The molecule has 2 saturated heterocycles. The van der Waals surface area contributed by atoms with Crippen molar-refractivity contribution in [3.8, 4) is 11.3 Å². The summed E-state index contributed by atoms with van der Waals surface area (Å²) in [5.41, 5.74) is 1.99. The van der Waals surface area contributed by atoms with Crippen LogP contribution in [0.15, 0.2) is 30.5 Å². The first kappa shape index (κ1) is 27.4. The number of benzene rings is 1. The van der Waals surface area contributed by atoms with Crippen LogP contribution in [0, 0.1) is 5.92 Å². The van der Waals surface area contributed by atoms with E-state index in [2.05, 4.69) is 28.4 Å². The van der Waals surface area contributed by atoms with E-state index in [1.807, 2.05) is 70.7 Å². The van der Waals surface area contributed by atoms with Gasteiger partial charge in [0.15, 0.2) is 0 Å². The molecular formula is C26H39BN4O5Si. The Morgan fingerprint density at radius 3 is 2.30 bits per heavy atom. The van der Waals surface area contributed by atoms with Crippen molar-refractivity contribution < 1.29 is 24.0 Å². The van der Waals surface area contributed by atoms with Crippen molar-refractivity contribution in [2.45, 2.75) is 84.0 Å². The molecule has 3 N–H and O–H groups in total. The van der Waals surface area contributed by atoms with E-state index >= 15 is 0 Å². The number of nitrogens with one attached hydrogen (secondary N) is 2. The number of imidazole rings is 1. The number of rotatable bonds is 6. The Morgan fingerprint density at radius 2 is 1.76 bits per heavy atom. The number of hydrogen-bond acceptors (Lipinski definition) is 5. The molecule has 9 nitrogen and oxygen atoms in total. The highest BCUT2D eigenvalue weighted by Gasteiger charge is 2.51. The molecule has 4 rings (SSSR count). The van der Waals surface area contributed by atoms with Crippen molar-refractivity contribution in [2.75, 3.05) is 6.17 Å². The van der Waals surface area contributed by atoms with Crippen LogP contribution in [0.25, 0.3) is 11.3 Å². The first-order valence-corrected chi connectivity index (χ1v) is 16.3. The fourth-order valence-corrected chi connectivity index (χ4v) is 7.91. The summed E-state index contributed by atoms with van der Waals surface area (Å²) in [6, 6.07) is 7.90. The van der Waals surface area contributed by atoms with Gasteiger partial charge in [-0.3, -0.25) is 4.79 Å². The predicted octanol–water partition coefficient (Wildman–Crippen LogP) is 3.80. The second-order valence-electron chi connectivity index (χ2n) is 12.4. The Labute approximate surface area is 220 Å². The van der Waals surface area contributed by atoms with Crippen LogP contribution < -0.4 is 10.8 Å². The van der Waals surface area contributed by atoms with Gasteiger partial charge in [-0.25, -0.2) is 9.78 Å². The Kier molecular flexibility index (Phi) is 7.11. The highest BCUT2D eigenvalue weighted by atomic mass is 28.3. The average Bonchev–Trinajstić information content (AvgIpc) is 3.45. The van der Waals surface area contributed by atoms with E-state index in [0.717, 1.165) is 28.6 Å². The van der Waals surface area contributed by atoms with E-state index in [4.69, 9.17) is 9.31 Å². The van der Waals surface area contributed by atoms with Gasteiger partial charge in [0, 0.05) is 6.17 Å². The quantitative estimate of drug-likeness (QED) is 0.493. The second-order valence-corrected chi connectivity index (χ2v) is 17.5. The third-order valence-corrected chi connectivity index (χ3v) is 10.6. The van der Waals surface area contributed by atoms with Gasteiger partial charge in [-0.15, -0.1) is 0 Å². The fraction of sp³-hybridized carbons (Fsp3) is 0.577. The van der Waals surface area contributed by atoms with Gasteiger partial charge in [0.2, 0.25) is 5.91 Å². The number of H-pyrrole nitrogens is 1. The van der Waals surface area contributed by atoms with Gasteiger partial charge in [0.25, 0.3) is 0 Å². The highest BCUT2D eigenvalue weighted by Crippen LogP contribution is 2.38. The Morgan fingerprint density at radius 1 is 1.16 bits per heavy atom. The van der Waals surface area contributed by atoms with Crippen LogP contribution in [0.2, 0.25) is 19.1 Å². The Balaban J connectivity index is 1.54. The van der Waals surface area contributed by atoms with Crippen molar-refractivity contribution in [2.24, 2.45) is 5.92 Å². The smallest absolute Gasteiger partial charge is 0.465 e. The molecule has 0 saturated carbocycles. The van der Waals surface area contributed by atoms with E-state index in [1.165, 1.54) is 0 Å². The van der Waals surface area contributed by atoms with Gasteiger partial charge < -0.3 is 29.6 Å². The summed E-state index contributed by atoms with van der Waals surface area (Å²) in [4.78, 5) is 34.7. The average molecular weight is 527 g/mol. The van der Waals surface area contributed by atoms with E-state index in [9.17, 15) is 14.7 Å². The minimum absolute atomic E-state index is 0.163. The molecule has 1 aromatic heterocycles. The van der Waals surface area contributed by atoms with Crippen LogP contribution in [0.3, 0.4) is 0 Å². The molecular weight excluding hydrogens is 487 g/mol. The number of aromatic amines is 1. The third kappa shape index (κ3) is 5.49. The van der Waals surface area contributed by atoms with Crippen LogP contribution in [-0.2, 0) is 14.1 Å². The summed E-state index contributed by atoms with van der Waals surface area (Å²) in [7, 11) is -2.13. The lowest BCUT2D eigenvalue weighted by atomic mass is 9.79. The molecule has 11 heteroatoms. The van der Waals surface area contributed by atoms with E-state index in [0.29, 0.717) is 6.17 Å². The highest BCUT2D eigenvalue weighted by molar-refractivity contribution is 6.78. The van der Waals surface area contributed by atoms with Crippen molar-refractivity contribution in [3.05, 3.63) is 36.3 Å². The molecule has 0 radical (unpaired) electrons. The first-order chi connectivity index (χ1) is 17.1. The standard InChI is InChI=1S/C26H39BN4O5Si/c1-16(2)21(30-24(33)34)23(32)31-15-37(7,8)14-20(31)22-28-13-19(29-22)17-9-11-18(12-10-17)27-35-25(3,4)26(5,6)36-27/h9-13,16,20-21,30H,14-15H2,1-8H3,(H,28,29)(H,33,34)/t20-,21-/m0/s1.